The Morgan fingerprint density at radius 1 is 0.900 bits per heavy atom. The summed E-state index contributed by atoms with van der Waals surface area (Å²) in [4.78, 5) is 6.91. The minimum absolute atomic E-state index is 0.0995. The molecule has 2 heterocycles. The van der Waals surface area contributed by atoms with Crippen molar-refractivity contribution < 1.29 is 0 Å². The van der Waals surface area contributed by atoms with E-state index in [2.05, 4.69) is 75.7 Å². The fourth-order valence-corrected chi connectivity index (χ4v) is 2.61. The summed E-state index contributed by atoms with van der Waals surface area (Å²) in [5, 5.41) is 0. The maximum absolute atomic E-state index is 4.57. The Kier molecular flexibility index (Phi) is 3.77. The minimum Gasteiger partial charge on any atom is -0.302 e. The summed E-state index contributed by atoms with van der Waals surface area (Å²) in [6, 6.07) is 6.11. The molecule has 0 bridgehead atoms. The maximum Gasteiger partial charge on any atom is 0.136 e. The van der Waals surface area contributed by atoms with Crippen molar-refractivity contribution in [2.75, 3.05) is 4.90 Å². The van der Waals surface area contributed by atoms with Crippen molar-refractivity contribution in [1.82, 2.24) is 4.98 Å². The SMILES string of the molecule is CC(C)(C)C1=CCC=C(C(C)(C)C)N1c1ccccn1. The molecule has 0 spiro atoms. The zero-order chi connectivity index (χ0) is 15.0. The fourth-order valence-electron chi connectivity index (χ4n) is 2.61. The van der Waals surface area contributed by atoms with E-state index >= 15 is 0 Å². The van der Waals surface area contributed by atoms with Crippen molar-refractivity contribution in [1.29, 1.82) is 0 Å². The van der Waals surface area contributed by atoms with E-state index in [4.69, 9.17) is 0 Å². The summed E-state index contributed by atoms with van der Waals surface area (Å²) in [6.45, 7) is 13.6. The molecule has 0 saturated heterocycles. The second-order valence-corrected chi connectivity index (χ2v) is 7.44. The smallest absolute Gasteiger partial charge is 0.136 e. The molecule has 0 aromatic carbocycles. The molecule has 1 aliphatic rings. The number of nitrogens with zero attached hydrogens (tertiary/aromatic N) is 2. The molecule has 1 aromatic rings. The van der Waals surface area contributed by atoms with Gasteiger partial charge in [0.05, 0.1) is 0 Å². The highest BCUT2D eigenvalue weighted by Gasteiger charge is 2.33. The lowest BCUT2D eigenvalue weighted by molar-refractivity contribution is 0.441. The molecule has 0 atom stereocenters. The first-order chi connectivity index (χ1) is 9.21. The number of anilines is 1. The molecule has 2 heteroatoms. The average Bonchev–Trinajstić information content (AvgIpc) is 2.37. The van der Waals surface area contributed by atoms with Gasteiger partial charge in [-0.05, 0) is 18.6 Å². The first-order valence-corrected chi connectivity index (χ1v) is 7.34. The zero-order valence-electron chi connectivity index (χ0n) is 13.6. The first kappa shape index (κ1) is 14.8. The van der Waals surface area contributed by atoms with Crippen LogP contribution in [0, 0.1) is 10.8 Å². The Labute approximate surface area is 123 Å². The predicted octanol–water partition coefficient (Wildman–Crippen LogP) is 5.15. The van der Waals surface area contributed by atoms with Crippen LogP contribution in [-0.4, -0.2) is 4.98 Å². The van der Waals surface area contributed by atoms with Crippen molar-refractivity contribution in [2.45, 2.75) is 48.0 Å². The molecule has 0 amide bonds. The largest absolute Gasteiger partial charge is 0.302 e. The highest BCUT2D eigenvalue weighted by molar-refractivity contribution is 5.57. The Morgan fingerprint density at radius 2 is 1.45 bits per heavy atom. The minimum atomic E-state index is 0.0995. The normalized spacial score (nSPS) is 16.8. The van der Waals surface area contributed by atoms with Gasteiger partial charge in [-0.3, -0.25) is 0 Å². The van der Waals surface area contributed by atoms with Gasteiger partial charge in [0.1, 0.15) is 5.82 Å². The maximum atomic E-state index is 4.57. The van der Waals surface area contributed by atoms with Crippen LogP contribution in [0.1, 0.15) is 48.0 Å². The van der Waals surface area contributed by atoms with Gasteiger partial charge in [0.15, 0.2) is 0 Å². The third kappa shape index (κ3) is 2.95. The molecule has 0 radical (unpaired) electrons. The van der Waals surface area contributed by atoms with Crippen LogP contribution in [0.4, 0.5) is 5.82 Å². The van der Waals surface area contributed by atoms with Crippen molar-refractivity contribution in [3.63, 3.8) is 0 Å². The van der Waals surface area contributed by atoms with E-state index < -0.39 is 0 Å². The van der Waals surface area contributed by atoms with Gasteiger partial charge in [0, 0.05) is 28.4 Å². The van der Waals surface area contributed by atoms with E-state index in [1.54, 1.807) is 0 Å². The number of rotatable bonds is 1. The van der Waals surface area contributed by atoms with Crippen molar-refractivity contribution in [3.8, 4) is 0 Å². The molecule has 2 rings (SSSR count). The molecular formula is C18H26N2. The highest BCUT2D eigenvalue weighted by Crippen LogP contribution is 2.42. The number of pyridine rings is 1. The van der Waals surface area contributed by atoms with E-state index in [9.17, 15) is 0 Å². The van der Waals surface area contributed by atoms with Crippen molar-refractivity contribution in [3.05, 3.63) is 47.9 Å². The quantitative estimate of drug-likeness (QED) is 0.701. The van der Waals surface area contributed by atoms with Gasteiger partial charge in [-0.15, -0.1) is 0 Å². The highest BCUT2D eigenvalue weighted by atomic mass is 15.2. The van der Waals surface area contributed by atoms with Gasteiger partial charge in [-0.1, -0.05) is 59.8 Å². The molecule has 20 heavy (non-hydrogen) atoms. The number of aromatic nitrogens is 1. The second-order valence-electron chi connectivity index (χ2n) is 7.44. The fraction of sp³-hybridized carbons (Fsp3) is 0.500. The van der Waals surface area contributed by atoms with Crippen molar-refractivity contribution in [2.24, 2.45) is 10.8 Å². The molecule has 0 N–H and O–H groups in total. The van der Waals surface area contributed by atoms with E-state index in [1.807, 2.05) is 12.3 Å². The molecule has 1 aliphatic heterocycles. The summed E-state index contributed by atoms with van der Waals surface area (Å²) < 4.78 is 0. The Bertz CT molecular complexity index is 495. The molecule has 0 fully saturated rings. The van der Waals surface area contributed by atoms with Gasteiger partial charge < -0.3 is 4.90 Å². The van der Waals surface area contributed by atoms with E-state index in [0.29, 0.717) is 0 Å². The van der Waals surface area contributed by atoms with Crippen LogP contribution in [0.25, 0.3) is 0 Å². The molecule has 108 valence electrons. The summed E-state index contributed by atoms with van der Waals surface area (Å²) in [5.41, 5.74) is 2.87. The average molecular weight is 270 g/mol. The van der Waals surface area contributed by atoms with Gasteiger partial charge in [0.2, 0.25) is 0 Å². The van der Waals surface area contributed by atoms with Gasteiger partial charge in [0.25, 0.3) is 0 Å². The van der Waals surface area contributed by atoms with Crippen LogP contribution in [0.15, 0.2) is 47.9 Å². The van der Waals surface area contributed by atoms with Crippen LogP contribution in [0.5, 0.6) is 0 Å². The number of hydrogen-bond donors (Lipinski definition) is 0. The standard InChI is InChI=1S/C18H26N2/c1-17(2,3)14-10-9-11-15(18(4,5)6)20(14)16-12-7-8-13-19-16/h7-8,10-13H,9H2,1-6H3. The Morgan fingerprint density at radius 3 is 1.85 bits per heavy atom. The van der Waals surface area contributed by atoms with E-state index in [1.165, 1.54) is 11.4 Å². The molecular weight excluding hydrogens is 244 g/mol. The first-order valence-electron chi connectivity index (χ1n) is 7.34. The van der Waals surface area contributed by atoms with E-state index in [0.717, 1.165) is 12.2 Å². The zero-order valence-corrected chi connectivity index (χ0v) is 13.6. The van der Waals surface area contributed by atoms with Crippen LogP contribution in [0.2, 0.25) is 0 Å². The van der Waals surface area contributed by atoms with Gasteiger partial charge in [-0.2, -0.15) is 0 Å². The summed E-state index contributed by atoms with van der Waals surface area (Å²) in [6.07, 6.45) is 7.51. The monoisotopic (exact) mass is 270 g/mol. The molecule has 0 saturated carbocycles. The third-order valence-electron chi connectivity index (χ3n) is 3.52. The number of allylic oxidation sites excluding steroid dienone is 4. The van der Waals surface area contributed by atoms with Crippen molar-refractivity contribution >= 4 is 5.82 Å². The van der Waals surface area contributed by atoms with Crippen LogP contribution < -0.4 is 4.90 Å². The number of hydrogen-bond acceptors (Lipinski definition) is 2. The second kappa shape index (κ2) is 5.08. The lowest BCUT2D eigenvalue weighted by Gasteiger charge is -2.42. The predicted molar refractivity (Wildman–Crippen MR) is 86.4 cm³/mol. The van der Waals surface area contributed by atoms with Gasteiger partial charge in [-0.25, -0.2) is 4.98 Å². The lowest BCUT2D eigenvalue weighted by Crippen LogP contribution is -2.36. The lowest BCUT2D eigenvalue weighted by atomic mass is 9.83. The Balaban J connectivity index is 2.54. The third-order valence-corrected chi connectivity index (χ3v) is 3.52. The summed E-state index contributed by atoms with van der Waals surface area (Å²) >= 11 is 0. The van der Waals surface area contributed by atoms with E-state index in [-0.39, 0.29) is 10.8 Å². The van der Waals surface area contributed by atoms with Crippen LogP contribution in [-0.2, 0) is 0 Å². The molecule has 0 unspecified atom stereocenters. The Hall–Kier alpha value is -1.57. The topological polar surface area (TPSA) is 16.1 Å². The van der Waals surface area contributed by atoms with Gasteiger partial charge >= 0.3 is 0 Å². The summed E-state index contributed by atoms with van der Waals surface area (Å²) in [5.74, 6) is 1.01. The van der Waals surface area contributed by atoms with Crippen LogP contribution in [0.3, 0.4) is 0 Å². The van der Waals surface area contributed by atoms with Crippen LogP contribution >= 0.6 is 0 Å². The molecule has 1 aromatic heterocycles. The molecule has 2 nitrogen and oxygen atoms in total. The molecule has 0 aliphatic carbocycles. The summed E-state index contributed by atoms with van der Waals surface area (Å²) in [7, 11) is 0.